The van der Waals surface area contributed by atoms with Crippen LogP contribution in [0.25, 0.3) is 6.08 Å². The molecule has 0 saturated carbocycles. The normalized spacial score (nSPS) is 16.4. The van der Waals surface area contributed by atoms with Crippen LogP contribution in [0.3, 0.4) is 0 Å². The van der Waals surface area contributed by atoms with Crippen molar-refractivity contribution < 1.29 is 27.4 Å². The molecule has 0 radical (unpaired) electrons. The molecule has 1 aliphatic heterocycles. The third kappa shape index (κ3) is 8.08. The van der Waals surface area contributed by atoms with Crippen LogP contribution in [0.1, 0.15) is 32.8 Å². The molecule has 0 aliphatic carbocycles. The van der Waals surface area contributed by atoms with Crippen molar-refractivity contribution in [3.63, 3.8) is 0 Å². The van der Waals surface area contributed by atoms with Crippen molar-refractivity contribution in [2.24, 2.45) is 0 Å². The average Bonchev–Trinajstić information content (AvgIpc) is 2.70. The summed E-state index contributed by atoms with van der Waals surface area (Å²) in [5.41, 5.74) is 0.124. The maximum atomic E-state index is 13.3. The maximum absolute atomic E-state index is 13.3. The molecule has 0 N–H and O–H groups in total. The minimum absolute atomic E-state index is 0.0861. The molecule has 10 heteroatoms. The molecule has 1 amide bonds. The highest BCUT2D eigenvalue weighted by atomic mass is 35.5. The van der Waals surface area contributed by atoms with Gasteiger partial charge in [-0.15, -0.1) is 0 Å². The van der Waals surface area contributed by atoms with E-state index in [-0.39, 0.29) is 50.9 Å². The van der Waals surface area contributed by atoms with Crippen molar-refractivity contribution in [3.05, 3.63) is 39.8 Å². The quantitative estimate of drug-likeness (QED) is 0.423. The van der Waals surface area contributed by atoms with Crippen LogP contribution in [0.4, 0.5) is 4.79 Å². The molecule has 1 saturated heterocycles. The molecule has 31 heavy (non-hydrogen) atoms. The molecule has 1 aromatic rings. The van der Waals surface area contributed by atoms with E-state index in [4.69, 9.17) is 25.8 Å². The molecule has 1 aliphatic rings. The van der Waals surface area contributed by atoms with Crippen LogP contribution >= 0.6 is 11.6 Å². The Labute approximate surface area is 189 Å². The van der Waals surface area contributed by atoms with Gasteiger partial charge in [-0.2, -0.15) is 4.31 Å². The number of ether oxygens (including phenoxy) is 3. The Morgan fingerprint density at radius 1 is 1.13 bits per heavy atom. The lowest BCUT2D eigenvalue weighted by atomic mass is 10.2. The van der Waals surface area contributed by atoms with Crippen LogP contribution in [0.5, 0.6) is 0 Å². The highest BCUT2D eigenvalue weighted by Crippen LogP contribution is 2.23. The Bertz CT molecular complexity index is 857. The number of benzene rings is 1. The standard InChI is InChI=1S/C21H31ClN2O6S/c1-21(2,3)30-20(25)23-10-12-24(13-11-23)31(26,27)19(9-14-29-16-28-4)15-17-5-7-18(22)8-6-17/h5-8,15H,9-14,16H2,1-4H3/b19-15-. The molecular formula is C21H31ClN2O6S. The molecular weight excluding hydrogens is 444 g/mol. The number of hydrogen-bond donors (Lipinski definition) is 0. The van der Waals surface area contributed by atoms with E-state index in [0.717, 1.165) is 5.56 Å². The molecule has 174 valence electrons. The number of methoxy groups -OCH3 is 1. The van der Waals surface area contributed by atoms with Gasteiger partial charge in [0.15, 0.2) is 0 Å². The Balaban J connectivity index is 2.13. The van der Waals surface area contributed by atoms with Gasteiger partial charge in [-0.25, -0.2) is 13.2 Å². The molecule has 0 unspecified atom stereocenters. The second-order valence-corrected chi connectivity index (χ2v) is 10.5. The van der Waals surface area contributed by atoms with Crippen molar-refractivity contribution >= 4 is 33.8 Å². The number of nitrogens with zero attached hydrogens (tertiary/aromatic N) is 2. The summed E-state index contributed by atoms with van der Waals surface area (Å²) in [5, 5.41) is 0.572. The topological polar surface area (TPSA) is 85.4 Å². The molecule has 2 rings (SSSR count). The van der Waals surface area contributed by atoms with E-state index in [1.807, 2.05) is 0 Å². The number of amides is 1. The van der Waals surface area contributed by atoms with Gasteiger partial charge in [-0.3, -0.25) is 0 Å². The van der Waals surface area contributed by atoms with E-state index >= 15 is 0 Å². The third-order valence-corrected chi connectivity index (χ3v) is 6.73. The third-order valence-electron chi connectivity index (χ3n) is 4.45. The fourth-order valence-electron chi connectivity index (χ4n) is 2.94. The van der Waals surface area contributed by atoms with Gasteiger partial charge >= 0.3 is 6.09 Å². The Hall–Kier alpha value is -1.65. The van der Waals surface area contributed by atoms with Crippen LogP contribution in [0, 0.1) is 0 Å². The van der Waals surface area contributed by atoms with Crippen molar-refractivity contribution in [1.82, 2.24) is 9.21 Å². The summed E-state index contributed by atoms with van der Waals surface area (Å²) in [6.45, 7) is 6.59. The maximum Gasteiger partial charge on any atom is 0.410 e. The Morgan fingerprint density at radius 2 is 1.74 bits per heavy atom. The smallest absolute Gasteiger partial charge is 0.410 e. The van der Waals surface area contributed by atoms with E-state index in [2.05, 4.69) is 0 Å². The van der Waals surface area contributed by atoms with Crippen LogP contribution in [-0.2, 0) is 24.2 Å². The molecule has 8 nitrogen and oxygen atoms in total. The lowest BCUT2D eigenvalue weighted by molar-refractivity contribution is -0.0287. The van der Waals surface area contributed by atoms with E-state index < -0.39 is 21.7 Å². The largest absolute Gasteiger partial charge is 0.444 e. The first-order valence-corrected chi connectivity index (χ1v) is 11.9. The lowest BCUT2D eigenvalue weighted by Gasteiger charge is -2.35. The van der Waals surface area contributed by atoms with Crippen LogP contribution < -0.4 is 0 Å². The number of piperazine rings is 1. The Kier molecular flexibility index (Phi) is 9.32. The van der Waals surface area contributed by atoms with Crippen molar-refractivity contribution in [2.45, 2.75) is 32.8 Å². The average molecular weight is 475 g/mol. The number of rotatable bonds is 8. The van der Waals surface area contributed by atoms with Gasteiger partial charge in [-0.1, -0.05) is 23.7 Å². The van der Waals surface area contributed by atoms with Gasteiger partial charge in [-0.05, 0) is 44.5 Å². The summed E-state index contributed by atoms with van der Waals surface area (Å²) in [7, 11) is -2.24. The van der Waals surface area contributed by atoms with E-state index in [1.54, 1.807) is 51.1 Å². The molecule has 0 bridgehead atoms. The second kappa shape index (κ2) is 11.3. The molecule has 1 fully saturated rings. The first-order chi connectivity index (χ1) is 14.5. The highest BCUT2D eigenvalue weighted by molar-refractivity contribution is 7.93. The lowest BCUT2D eigenvalue weighted by Crippen LogP contribution is -2.51. The zero-order valence-corrected chi connectivity index (χ0v) is 20.0. The summed E-state index contributed by atoms with van der Waals surface area (Å²) in [6.07, 6.45) is 1.39. The van der Waals surface area contributed by atoms with Crippen LogP contribution in [-0.4, -0.2) is 76.0 Å². The number of sulfonamides is 1. The SMILES string of the molecule is COCOCC/C(=C/c1ccc(Cl)cc1)S(=O)(=O)N1CCN(C(=O)OC(C)(C)C)CC1. The first-order valence-electron chi connectivity index (χ1n) is 10.0. The van der Waals surface area contributed by atoms with Gasteiger partial charge in [0.25, 0.3) is 0 Å². The molecule has 0 atom stereocenters. The summed E-state index contributed by atoms with van der Waals surface area (Å²) in [6, 6.07) is 6.93. The molecule has 1 heterocycles. The van der Waals surface area contributed by atoms with Gasteiger partial charge < -0.3 is 19.1 Å². The van der Waals surface area contributed by atoms with Gasteiger partial charge in [0.2, 0.25) is 10.0 Å². The zero-order chi connectivity index (χ0) is 23.1. The van der Waals surface area contributed by atoms with E-state index in [1.165, 1.54) is 16.3 Å². The number of halogens is 1. The van der Waals surface area contributed by atoms with Crippen molar-refractivity contribution in [1.29, 1.82) is 0 Å². The number of hydrogen-bond acceptors (Lipinski definition) is 6. The summed E-state index contributed by atoms with van der Waals surface area (Å²) in [4.78, 5) is 14.0. The molecule has 1 aromatic carbocycles. The number of carbonyl (C=O) groups is 1. The minimum Gasteiger partial charge on any atom is -0.444 e. The first kappa shape index (κ1) is 25.6. The minimum atomic E-state index is -3.74. The molecule has 0 spiro atoms. The summed E-state index contributed by atoms with van der Waals surface area (Å²) < 4.78 is 43.6. The van der Waals surface area contributed by atoms with E-state index in [0.29, 0.717) is 5.02 Å². The van der Waals surface area contributed by atoms with Gasteiger partial charge in [0, 0.05) is 44.7 Å². The summed E-state index contributed by atoms with van der Waals surface area (Å²) in [5.74, 6) is 0. The predicted molar refractivity (Wildman–Crippen MR) is 120 cm³/mol. The zero-order valence-electron chi connectivity index (χ0n) is 18.5. The molecule has 0 aromatic heterocycles. The van der Waals surface area contributed by atoms with E-state index in [9.17, 15) is 13.2 Å². The number of carbonyl (C=O) groups excluding carboxylic acids is 1. The van der Waals surface area contributed by atoms with Crippen LogP contribution in [0.2, 0.25) is 5.02 Å². The van der Waals surface area contributed by atoms with Gasteiger partial charge in [0.1, 0.15) is 12.4 Å². The Morgan fingerprint density at radius 3 is 2.29 bits per heavy atom. The predicted octanol–water partition coefficient (Wildman–Crippen LogP) is 3.57. The fourth-order valence-corrected chi connectivity index (χ4v) is 4.67. The van der Waals surface area contributed by atoms with Crippen molar-refractivity contribution in [2.75, 3.05) is 46.7 Å². The van der Waals surface area contributed by atoms with Gasteiger partial charge in [0.05, 0.1) is 11.5 Å². The highest BCUT2D eigenvalue weighted by Gasteiger charge is 2.33. The van der Waals surface area contributed by atoms with Crippen LogP contribution in [0.15, 0.2) is 29.2 Å². The van der Waals surface area contributed by atoms with Crippen molar-refractivity contribution in [3.8, 4) is 0 Å². The monoisotopic (exact) mass is 474 g/mol. The second-order valence-electron chi connectivity index (χ2n) is 8.10. The fraction of sp³-hybridized carbons (Fsp3) is 0.571. The summed E-state index contributed by atoms with van der Waals surface area (Å²) >= 11 is 5.93.